The van der Waals surface area contributed by atoms with Crippen LogP contribution in [0.15, 0.2) is 36.2 Å². The van der Waals surface area contributed by atoms with Crippen LogP contribution < -0.4 is 0 Å². The molecule has 0 aliphatic heterocycles. The molecule has 0 spiro atoms. The minimum absolute atomic E-state index is 0.220. The van der Waals surface area contributed by atoms with Gasteiger partial charge in [0.15, 0.2) is 5.78 Å². The number of carbonyl (C=O) groups is 1. The molecule has 4 heteroatoms. The highest BCUT2D eigenvalue weighted by molar-refractivity contribution is 6.05. The van der Waals surface area contributed by atoms with Crippen LogP contribution in [0.3, 0.4) is 0 Å². The van der Waals surface area contributed by atoms with Gasteiger partial charge in [0.2, 0.25) is 0 Å². The molecule has 0 unspecified atom stereocenters. The molecule has 0 saturated heterocycles. The molecule has 2 saturated carbocycles. The van der Waals surface area contributed by atoms with Crippen molar-refractivity contribution in [2.75, 3.05) is 0 Å². The van der Waals surface area contributed by atoms with Crippen LogP contribution in [0.5, 0.6) is 5.75 Å². The number of hydrogen-bond donors (Lipinski definition) is 1. The number of fused-ring (bicyclic) bond motifs is 5. The molecule has 4 atom stereocenters. The van der Waals surface area contributed by atoms with Gasteiger partial charge >= 0.3 is 0 Å². The number of aryl methyl sites for hydroxylation is 2. The van der Waals surface area contributed by atoms with E-state index in [1.807, 2.05) is 29.2 Å². The van der Waals surface area contributed by atoms with Crippen LogP contribution in [0.1, 0.15) is 62.1 Å². The first-order valence-electron chi connectivity index (χ1n) is 10.6. The van der Waals surface area contributed by atoms with Gasteiger partial charge in [-0.1, -0.05) is 13.0 Å². The summed E-state index contributed by atoms with van der Waals surface area (Å²) in [5.41, 5.74) is 4.51. The average molecular weight is 377 g/mol. The third kappa shape index (κ3) is 2.57. The summed E-state index contributed by atoms with van der Waals surface area (Å²) in [6.07, 6.45) is 11.0. The summed E-state index contributed by atoms with van der Waals surface area (Å²) in [6, 6.07) is 5.89. The number of phenolic OH excluding ortho intramolecular Hbond substituents is 1. The van der Waals surface area contributed by atoms with Gasteiger partial charge in [-0.25, -0.2) is 0 Å². The van der Waals surface area contributed by atoms with Gasteiger partial charge < -0.3 is 5.11 Å². The summed E-state index contributed by atoms with van der Waals surface area (Å²) in [5.74, 6) is 2.23. The van der Waals surface area contributed by atoms with Gasteiger partial charge in [-0.2, -0.15) is 5.10 Å². The van der Waals surface area contributed by atoms with Crippen LogP contribution in [-0.4, -0.2) is 20.7 Å². The van der Waals surface area contributed by atoms with E-state index in [0.717, 1.165) is 49.8 Å². The van der Waals surface area contributed by atoms with E-state index in [0.29, 0.717) is 29.3 Å². The molecular weight excluding hydrogens is 348 g/mol. The summed E-state index contributed by atoms with van der Waals surface area (Å²) < 4.78 is 1.91. The van der Waals surface area contributed by atoms with Crippen LogP contribution in [0.2, 0.25) is 0 Å². The van der Waals surface area contributed by atoms with Gasteiger partial charge in [0.1, 0.15) is 5.75 Å². The van der Waals surface area contributed by atoms with Gasteiger partial charge in [0.25, 0.3) is 0 Å². The Kier molecular flexibility index (Phi) is 4.01. The van der Waals surface area contributed by atoms with E-state index in [4.69, 9.17) is 0 Å². The zero-order chi connectivity index (χ0) is 19.5. The highest BCUT2D eigenvalue weighted by atomic mass is 16.3. The maximum Gasteiger partial charge on any atom is 0.165 e. The van der Waals surface area contributed by atoms with Gasteiger partial charge in [-0.15, -0.1) is 0 Å². The lowest BCUT2D eigenvalue weighted by Gasteiger charge is -2.48. The Labute approximate surface area is 166 Å². The highest BCUT2D eigenvalue weighted by Crippen LogP contribution is 2.60. The van der Waals surface area contributed by atoms with Crippen molar-refractivity contribution in [1.82, 2.24) is 9.78 Å². The molecule has 1 aromatic carbocycles. The van der Waals surface area contributed by atoms with Crippen LogP contribution in [0, 0.1) is 17.3 Å². The third-order valence-corrected chi connectivity index (χ3v) is 7.67. The predicted octanol–water partition coefficient (Wildman–Crippen LogP) is 4.73. The van der Waals surface area contributed by atoms with Crippen molar-refractivity contribution < 1.29 is 9.90 Å². The molecule has 0 amide bonds. The smallest absolute Gasteiger partial charge is 0.165 e. The Hall–Kier alpha value is -2.36. The van der Waals surface area contributed by atoms with E-state index in [1.54, 1.807) is 0 Å². The van der Waals surface area contributed by atoms with Gasteiger partial charge in [0.05, 0.1) is 6.20 Å². The molecule has 1 aromatic heterocycles. The minimum atomic E-state index is -0.220. The van der Waals surface area contributed by atoms with Crippen molar-refractivity contribution in [3.63, 3.8) is 0 Å². The van der Waals surface area contributed by atoms with Gasteiger partial charge in [-0.3, -0.25) is 9.48 Å². The van der Waals surface area contributed by atoms with Crippen molar-refractivity contribution in [3.8, 4) is 5.75 Å². The first kappa shape index (κ1) is 17.7. The highest BCUT2D eigenvalue weighted by Gasteiger charge is 2.56. The number of aromatic nitrogens is 2. The molecule has 28 heavy (non-hydrogen) atoms. The maximum atomic E-state index is 13.4. The molecular formula is C24H28N2O2. The molecule has 2 fully saturated rings. The largest absolute Gasteiger partial charge is 0.508 e. The summed E-state index contributed by atoms with van der Waals surface area (Å²) in [5, 5.41) is 14.2. The predicted molar refractivity (Wildman–Crippen MR) is 109 cm³/mol. The number of ketones is 1. The van der Waals surface area contributed by atoms with E-state index in [-0.39, 0.29) is 5.41 Å². The van der Waals surface area contributed by atoms with Crippen molar-refractivity contribution >= 4 is 11.9 Å². The fraction of sp³-hybridized carbons (Fsp3) is 0.500. The summed E-state index contributed by atoms with van der Waals surface area (Å²) >= 11 is 0. The monoisotopic (exact) mass is 376 g/mol. The van der Waals surface area contributed by atoms with E-state index in [1.165, 1.54) is 11.1 Å². The van der Waals surface area contributed by atoms with Gasteiger partial charge in [-0.05, 0) is 91.7 Å². The van der Waals surface area contributed by atoms with Crippen molar-refractivity contribution in [3.05, 3.63) is 52.9 Å². The first-order chi connectivity index (χ1) is 13.5. The number of phenols is 1. The number of Topliss-reactive ketones (excluding diaryl/α,β-unsaturated/α-hetero) is 1. The average Bonchev–Trinajstić information content (AvgIpc) is 3.25. The number of carbonyl (C=O) groups excluding carboxylic acids is 1. The molecule has 0 bridgehead atoms. The van der Waals surface area contributed by atoms with Crippen molar-refractivity contribution in [1.29, 1.82) is 0 Å². The van der Waals surface area contributed by atoms with Crippen LogP contribution in [0.4, 0.5) is 0 Å². The zero-order valence-corrected chi connectivity index (χ0v) is 16.7. The second kappa shape index (κ2) is 6.33. The topological polar surface area (TPSA) is 55.1 Å². The van der Waals surface area contributed by atoms with Crippen molar-refractivity contribution in [2.45, 2.75) is 58.4 Å². The number of hydrogen-bond acceptors (Lipinski definition) is 3. The zero-order valence-electron chi connectivity index (χ0n) is 16.7. The number of allylic oxidation sites excluding steroid dienone is 1. The first-order valence-corrected chi connectivity index (χ1v) is 10.6. The lowest BCUT2D eigenvalue weighted by atomic mass is 9.55. The van der Waals surface area contributed by atoms with Gasteiger partial charge in [0, 0.05) is 23.7 Å². The third-order valence-electron chi connectivity index (χ3n) is 7.67. The lowest BCUT2D eigenvalue weighted by molar-refractivity contribution is -0.127. The Morgan fingerprint density at radius 3 is 3.00 bits per heavy atom. The lowest BCUT2D eigenvalue weighted by Crippen LogP contribution is -2.42. The SMILES string of the molecule is CCn1cc(/C=C2\C[C@H]3[C@H]4CCc5cc(O)ccc5[C@@H]4CC[C@]3(C)C2=O)cn1. The second-order valence-electron chi connectivity index (χ2n) is 9.09. The van der Waals surface area contributed by atoms with Crippen LogP contribution >= 0.6 is 0 Å². The molecule has 4 nitrogen and oxygen atoms in total. The standard InChI is InChI=1S/C24H28N2O2/c1-3-26-14-15(13-25-26)10-17-12-22-21-6-4-16-11-18(27)5-7-19(16)20(21)8-9-24(22,2)23(17)28/h5,7,10-11,13-14,20-22,27H,3-4,6,8-9,12H2,1-2H3/b17-10+/t20-,21-,22-,24-/m0/s1. The quantitative estimate of drug-likeness (QED) is 0.771. The second-order valence-corrected chi connectivity index (χ2v) is 9.09. The fourth-order valence-corrected chi connectivity index (χ4v) is 6.20. The van der Waals surface area contributed by atoms with E-state index >= 15 is 0 Å². The summed E-state index contributed by atoms with van der Waals surface area (Å²) in [4.78, 5) is 13.4. The molecule has 0 radical (unpaired) electrons. The number of benzene rings is 1. The Morgan fingerprint density at radius 1 is 1.36 bits per heavy atom. The van der Waals surface area contributed by atoms with Crippen LogP contribution in [0.25, 0.3) is 6.08 Å². The molecule has 3 aliphatic carbocycles. The number of nitrogens with zero attached hydrogens (tertiary/aromatic N) is 2. The summed E-state index contributed by atoms with van der Waals surface area (Å²) in [6.45, 7) is 5.12. The van der Waals surface area contributed by atoms with Crippen molar-refractivity contribution in [2.24, 2.45) is 17.3 Å². The van der Waals surface area contributed by atoms with E-state index in [2.05, 4.69) is 31.1 Å². The molecule has 5 rings (SSSR count). The Bertz CT molecular complexity index is 973. The van der Waals surface area contributed by atoms with Crippen LogP contribution in [-0.2, 0) is 17.8 Å². The number of rotatable bonds is 2. The minimum Gasteiger partial charge on any atom is -0.508 e. The molecule has 3 aliphatic rings. The number of aromatic hydroxyl groups is 1. The molecule has 2 aromatic rings. The normalized spacial score (nSPS) is 32.9. The molecule has 146 valence electrons. The van der Waals surface area contributed by atoms with E-state index in [9.17, 15) is 9.90 Å². The maximum absolute atomic E-state index is 13.4. The molecule has 1 N–H and O–H groups in total. The Morgan fingerprint density at radius 2 is 2.21 bits per heavy atom. The summed E-state index contributed by atoms with van der Waals surface area (Å²) in [7, 11) is 0. The van der Waals surface area contributed by atoms with E-state index < -0.39 is 0 Å². The fourth-order valence-electron chi connectivity index (χ4n) is 6.20. The Balaban J connectivity index is 1.47. The molecule has 1 heterocycles.